The maximum absolute atomic E-state index is 13.3. The molecule has 198 valence electrons. The summed E-state index contributed by atoms with van der Waals surface area (Å²) in [4.78, 5) is 12.7. The van der Waals surface area contributed by atoms with E-state index >= 15 is 0 Å². The summed E-state index contributed by atoms with van der Waals surface area (Å²) in [5.41, 5.74) is 0.346. The number of carbonyl (C=O) groups excluding carboxylic acids is 1. The number of nitrogens with one attached hydrogen (secondary N) is 1. The van der Waals surface area contributed by atoms with Crippen molar-refractivity contribution in [2.45, 2.75) is 83.3 Å². The van der Waals surface area contributed by atoms with Crippen molar-refractivity contribution in [3.05, 3.63) is 60.2 Å². The molecule has 36 heavy (non-hydrogen) atoms. The summed E-state index contributed by atoms with van der Waals surface area (Å²) < 4.78 is 55.2. The molecule has 0 saturated heterocycles. The zero-order valence-corrected chi connectivity index (χ0v) is 22.2. The van der Waals surface area contributed by atoms with E-state index in [1.165, 1.54) is 5.01 Å². The maximum Gasteiger partial charge on any atom is 0.431 e. The highest BCUT2D eigenvalue weighted by molar-refractivity contribution is 7.83. The zero-order valence-electron chi connectivity index (χ0n) is 21.3. The molecule has 1 saturated carbocycles. The van der Waals surface area contributed by atoms with Crippen molar-refractivity contribution in [1.29, 1.82) is 0 Å². The summed E-state index contributed by atoms with van der Waals surface area (Å²) in [6.45, 7) is 8.00. The van der Waals surface area contributed by atoms with Crippen molar-refractivity contribution in [3.63, 3.8) is 0 Å². The van der Waals surface area contributed by atoms with Gasteiger partial charge in [0.05, 0.1) is 16.6 Å². The van der Waals surface area contributed by atoms with Gasteiger partial charge in [0, 0.05) is 12.3 Å². The fourth-order valence-corrected chi connectivity index (χ4v) is 5.03. The standard InChI is InChI=1S/C23H24F3N3O2S.2C2H6/c24-23(25,26)21-15-20(16-7-3-1-4-8-16)29(27-21)18-11-13-19(14-12-18)32(31)28-22(30)17-9-5-2-6-10-17;2*1-2/h1,3-4,7-8,11-14,17,20H,2,5-6,9-10,15H2,(H,28,30);2*1-2H3. The lowest BCUT2D eigenvalue weighted by atomic mass is 9.89. The number of amides is 1. The monoisotopic (exact) mass is 523 g/mol. The molecule has 0 bridgehead atoms. The predicted molar refractivity (Wildman–Crippen MR) is 140 cm³/mol. The fourth-order valence-electron chi connectivity index (χ4n) is 4.18. The first-order valence-corrected chi connectivity index (χ1v) is 13.8. The molecule has 1 N–H and O–H groups in total. The molecule has 2 unspecified atom stereocenters. The van der Waals surface area contributed by atoms with Crippen LogP contribution in [0.25, 0.3) is 0 Å². The molecule has 9 heteroatoms. The summed E-state index contributed by atoms with van der Waals surface area (Å²) in [5, 5.41) is 5.20. The Hall–Kier alpha value is -2.68. The van der Waals surface area contributed by atoms with E-state index < -0.39 is 28.9 Å². The second kappa shape index (κ2) is 14.2. The van der Waals surface area contributed by atoms with E-state index in [2.05, 4.69) is 9.82 Å². The number of nitrogens with zero attached hydrogens (tertiary/aromatic N) is 2. The van der Waals surface area contributed by atoms with E-state index in [4.69, 9.17) is 0 Å². The van der Waals surface area contributed by atoms with Gasteiger partial charge in [0.1, 0.15) is 5.71 Å². The lowest BCUT2D eigenvalue weighted by Gasteiger charge is -2.24. The van der Waals surface area contributed by atoms with Crippen molar-refractivity contribution in [2.75, 3.05) is 5.01 Å². The molecule has 0 aromatic heterocycles. The number of halogens is 3. The first-order valence-electron chi connectivity index (χ1n) is 12.6. The van der Waals surface area contributed by atoms with Crippen molar-refractivity contribution in [1.82, 2.24) is 4.72 Å². The number of rotatable bonds is 5. The summed E-state index contributed by atoms with van der Waals surface area (Å²) in [5.74, 6) is -0.325. The van der Waals surface area contributed by atoms with E-state index in [9.17, 15) is 22.2 Å². The van der Waals surface area contributed by atoms with Crippen LogP contribution in [0.4, 0.5) is 18.9 Å². The minimum Gasteiger partial charge on any atom is -0.274 e. The molecule has 0 spiro atoms. The quantitative estimate of drug-likeness (QED) is 0.446. The molecule has 2 aromatic rings. The van der Waals surface area contributed by atoms with Crippen LogP contribution in [0.3, 0.4) is 0 Å². The van der Waals surface area contributed by atoms with Crippen molar-refractivity contribution in [2.24, 2.45) is 11.0 Å². The van der Waals surface area contributed by atoms with Gasteiger partial charge in [-0.1, -0.05) is 77.3 Å². The van der Waals surface area contributed by atoms with E-state index in [-0.39, 0.29) is 18.2 Å². The number of benzene rings is 2. The molecule has 1 fully saturated rings. The third kappa shape index (κ3) is 7.66. The number of hydrazone groups is 1. The Morgan fingerprint density at radius 3 is 2.08 bits per heavy atom. The van der Waals surface area contributed by atoms with Gasteiger partial charge in [0.2, 0.25) is 5.91 Å². The minimum atomic E-state index is -4.51. The average Bonchev–Trinajstić information content (AvgIpc) is 3.38. The highest BCUT2D eigenvalue weighted by Crippen LogP contribution is 2.39. The van der Waals surface area contributed by atoms with Crippen LogP contribution in [0, 0.1) is 5.92 Å². The van der Waals surface area contributed by atoms with Crippen LogP contribution in [0.15, 0.2) is 64.6 Å². The van der Waals surface area contributed by atoms with Crippen molar-refractivity contribution >= 4 is 28.3 Å². The number of hydrogen-bond acceptors (Lipinski definition) is 4. The number of anilines is 1. The smallest absolute Gasteiger partial charge is 0.274 e. The Kier molecular flexibility index (Phi) is 11.6. The Bertz CT molecular complexity index is 1010. The topological polar surface area (TPSA) is 61.8 Å². The Morgan fingerprint density at radius 2 is 1.53 bits per heavy atom. The minimum absolute atomic E-state index is 0.113. The lowest BCUT2D eigenvalue weighted by Crippen LogP contribution is -2.33. The third-order valence-electron chi connectivity index (χ3n) is 5.91. The third-order valence-corrected chi connectivity index (χ3v) is 6.99. The van der Waals surface area contributed by atoms with E-state index in [1.807, 2.05) is 27.7 Å². The molecule has 1 heterocycles. The molecular weight excluding hydrogens is 487 g/mol. The summed E-state index contributed by atoms with van der Waals surface area (Å²) >= 11 is 0. The van der Waals surface area contributed by atoms with Gasteiger partial charge in [-0.05, 0) is 42.7 Å². The predicted octanol–water partition coefficient (Wildman–Crippen LogP) is 7.33. The van der Waals surface area contributed by atoms with Crippen LogP contribution >= 0.6 is 0 Å². The van der Waals surface area contributed by atoms with E-state index in [0.717, 1.165) is 37.7 Å². The van der Waals surface area contributed by atoms with Gasteiger partial charge in [-0.3, -0.25) is 14.5 Å². The second-order valence-corrected chi connectivity index (χ2v) is 9.30. The molecule has 0 radical (unpaired) electrons. The van der Waals surface area contributed by atoms with Gasteiger partial charge in [-0.25, -0.2) is 4.21 Å². The van der Waals surface area contributed by atoms with Gasteiger partial charge in [0.15, 0.2) is 11.0 Å². The highest BCUT2D eigenvalue weighted by Gasteiger charge is 2.43. The van der Waals surface area contributed by atoms with E-state index in [0.29, 0.717) is 10.6 Å². The first-order chi connectivity index (χ1) is 17.3. The number of alkyl halides is 3. The van der Waals surface area contributed by atoms with Gasteiger partial charge >= 0.3 is 6.18 Å². The Balaban J connectivity index is 0.00000109. The molecule has 4 rings (SSSR count). The van der Waals surface area contributed by atoms with Gasteiger partial charge in [-0.2, -0.15) is 18.3 Å². The molecule has 2 aromatic carbocycles. The van der Waals surface area contributed by atoms with E-state index in [1.54, 1.807) is 54.6 Å². The maximum atomic E-state index is 13.3. The summed E-state index contributed by atoms with van der Waals surface area (Å²) in [6.07, 6.45) is -0.0379. The van der Waals surface area contributed by atoms with Crippen LogP contribution < -0.4 is 9.73 Å². The summed E-state index contributed by atoms with van der Waals surface area (Å²) in [6, 6.07) is 14.6. The molecule has 1 aliphatic carbocycles. The Morgan fingerprint density at radius 1 is 0.944 bits per heavy atom. The van der Waals surface area contributed by atoms with Crippen LogP contribution in [0.2, 0.25) is 0 Å². The molecule has 1 amide bonds. The number of carbonyl (C=O) groups is 1. The van der Waals surface area contributed by atoms with Crippen molar-refractivity contribution in [3.8, 4) is 0 Å². The first kappa shape index (κ1) is 29.5. The molecule has 2 atom stereocenters. The molecule has 5 nitrogen and oxygen atoms in total. The normalized spacial score (nSPS) is 18.7. The SMILES string of the molecule is CC.CC.O=C(NS(=O)c1ccc(N2N=C(C(F)(F)F)CC2c2ccccc2)cc1)C1CCCCC1. The van der Waals surface area contributed by atoms with Crippen LogP contribution in [0.1, 0.15) is 77.8 Å². The largest absolute Gasteiger partial charge is 0.431 e. The average molecular weight is 524 g/mol. The van der Waals surface area contributed by atoms with Crippen LogP contribution in [-0.2, 0) is 15.8 Å². The summed E-state index contributed by atoms with van der Waals surface area (Å²) in [7, 11) is -1.72. The van der Waals surface area contributed by atoms with Crippen LogP contribution in [-0.4, -0.2) is 22.0 Å². The molecule has 2 aliphatic rings. The highest BCUT2D eigenvalue weighted by atomic mass is 32.2. The Labute approximate surface area is 214 Å². The lowest BCUT2D eigenvalue weighted by molar-refractivity contribution is -0.124. The van der Waals surface area contributed by atoms with Gasteiger partial charge in [0.25, 0.3) is 0 Å². The van der Waals surface area contributed by atoms with Crippen LogP contribution in [0.5, 0.6) is 0 Å². The van der Waals surface area contributed by atoms with Crippen molar-refractivity contribution < 1.29 is 22.2 Å². The fraction of sp³-hybridized carbons (Fsp3) is 0.481. The zero-order chi connectivity index (χ0) is 26.7. The number of hydrogen-bond donors (Lipinski definition) is 1. The second-order valence-electron chi connectivity index (χ2n) is 8.08. The molecular formula is C27H36F3N3O2S. The molecule has 1 aliphatic heterocycles. The van der Waals surface area contributed by atoms with Gasteiger partial charge < -0.3 is 0 Å². The van der Waals surface area contributed by atoms with Gasteiger partial charge in [-0.15, -0.1) is 0 Å².